The van der Waals surface area contributed by atoms with Crippen molar-refractivity contribution < 1.29 is 22.3 Å². The average Bonchev–Trinajstić information content (AvgIpc) is 2.68. The molecule has 1 saturated heterocycles. The average molecular weight is 392 g/mol. The maximum Gasteiger partial charge on any atom is 0.257 e. The summed E-state index contributed by atoms with van der Waals surface area (Å²) in [4.78, 5) is 14.5. The fourth-order valence-corrected chi connectivity index (χ4v) is 4.40. The highest BCUT2D eigenvalue weighted by molar-refractivity contribution is 7.89. The van der Waals surface area contributed by atoms with Gasteiger partial charge in [0, 0.05) is 26.2 Å². The summed E-state index contributed by atoms with van der Waals surface area (Å²) in [6.45, 7) is 3.22. The lowest BCUT2D eigenvalue weighted by atomic mass is 10.1. The number of rotatable bonds is 5. The third-order valence-electron chi connectivity index (χ3n) is 4.39. The molecule has 27 heavy (non-hydrogen) atoms. The summed E-state index contributed by atoms with van der Waals surface area (Å²) in [5.74, 6) is -0.151. The van der Waals surface area contributed by atoms with Crippen molar-refractivity contribution in [3.63, 3.8) is 0 Å². The number of ether oxygens (including phenoxy) is 1. The standard InChI is InChI=1S/C19H21FN2O4S/c1-2-26-18-6-4-3-5-17(18)19(23)21-11-13-22(14-12-21)27(24,25)16-9-7-15(20)8-10-16/h3-10H,2,11-14H2,1H3. The quantitative estimate of drug-likeness (QED) is 0.784. The highest BCUT2D eigenvalue weighted by Crippen LogP contribution is 2.22. The van der Waals surface area contributed by atoms with Crippen molar-refractivity contribution in [3.8, 4) is 5.75 Å². The third-order valence-corrected chi connectivity index (χ3v) is 6.31. The number of halogens is 1. The van der Waals surface area contributed by atoms with E-state index in [9.17, 15) is 17.6 Å². The summed E-state index contributed by atoms with van der Waals surface area (Å²) in [5.41, 5.74) is 0.467. The number of benzene rings is 2. The van der Waals surface area contributed by atoms with Crippen LogP contribution in [0.25, 0.3) is 0 Å². The van der Waals surface area contributed by atoms with Crippen LogP contribution in [0.3, 0.4) is 0 Å². The van der Waals surface area contributed by atoms with Gasteiger partial charge < -0.3 is 9.64 Å². The Morgan fingerprint density at radius 3 is 2.30 bits per heavy atom. The minimum Gasteiger partial charge on any atom is -0.493 e. The number of nitrogens with zero attached hydrogens (tertiary/aromatic N) is 2. The third kappa shape index (κ3) is 4.12. The predicted molar refractivity (Wildman–Crippen MR) is 98.7 cm³/mol. The van der Waals surface area contributed by atoms with Gasteiger partial charge in [-0.25, -0.2) is 12.8 Å². The first kappa shape index (κ1) is 19.3. The van der Waals surface area contributed by atoms with E-state index in [1.54, 1.807) is 29.2 Å². The van der Waals surface area contributed by atoms with E-state index >= 15 is 0 Å². The molecule has 6 nitrogen and oxygen atoms in total. The Labute approximate surface area is 158 Å². The van der Waals surface area contributed by atoms with Gasteiger partial charge in [-0.05, 0) is 43.3 Å². The van der Waals surface area contributed by atoms with Crippen molar-refractivity contribution in [2.75, 3.05) is 32.8 Å². The first-order valence-electron chi connectivity index (χ1n) is 8.70. The van der Waals surface area contributed by atoms with Crippen LogP contribution in [0.4, 0.5) is 4.39 Å². The molecule has 1 fully saturated rings. The van der Waals surface area contributed by atoms with Gasteiger partial charge in [0.1, 0.15) is 11.6 Å². The molecule has 0 saturated carbocycles. The summed E-state index contributed by atoms with van der Waals surface area (Å²) < 4.78 is 45.2. The maximum atomic E-state index is 13.0. The monoisotopic (exact) mass is 392 g/mol. The SMILES string of the molecule is CCOc1ccccc1C(=O)N1CCN(S(=O)(=O)c2ccc(F)cc2)CC1. The summed E-state index contributed by atoms with van der Waals surface area (Å²) in [5, 5.41) is 0. The van der Waals surface area contributed by atoms with E-state index in [0.29, 0.717) is 17.9 Å². The lowest BCUT2D eigenvalue weighted by molar-refractivity contribution is 0.0693. The molecular weight excluding hydrogens is 371 g/mol. The molecule has 0 unspecified atom stereocenters. The van der Waals surface area contributed by atoms with Crippen molar-refractivity contribution in [2.45, 2.75) is 11.8 Å². The topological polar surface area (TPSA) is 66.9 Å². The number of sulfonamides is 1. The molecule has 3 rings (SSSR count). The summed E-state index contributed by atoms with van der Waals surface area (Å²) in [6.07, 6.45) is 0. The Kier molecular flexibility index (Phi) is 5.76. The summed E-state index contributed by atoms with van der Waals surface area (Å²) >= 11 is 0. The fourth-order valence-electron chi connectivity index (χ4n) is 2.98. The van der Waals surface area contributed by atoms with Crippen LogP contribution < -0.4 is 4.74 Å². The highest BCUT2D eigenvalue weighted by Gasteiger charge is 2.31. The van der Waals surface area contributed by atoms with Crippen LogP contribution in [-0.2, 0) is 10.0 Å². The molecule has 0 aliphatic carbocycles. The smallest absolute Gasteiger partial charge is 0.257 e. The van der Waals surface area contributed by atoms with Gasteiger partial charge in [0.2, 0.25) is 10.0 Å². The fraction of sp³-hybridized carbons (Fsp3) is 0.316. The van der Waals surface area contributed by atoms with Gasteiger partial charge in [-0.3, -0.25) is 4.79 Å². The molecule has 1 aliphatic heterocycles. The van der Waals surface area contributed by atoms with E-state index < -0.39 is 15.8 Å². The number of carbonyl (C=O) groups is 1. The molecule has 1 aliphatic rings. The van der Waals surface area contributed by atoms with Crippen molar-refractivity contribution in [1.82, 2.24) is 9.21 Å². The zero-order valence-electron chi connectivity index (χ0n) is 15.0. The first-order valence-corrected chi connectivity index (χ1v) is 10.1. The molecule has 0 radical (unpaired) electrons. The molecular formula is C19H21FN2O4S. The van der Waals surface area contributed by atoms with E-state index in [2.05, 4.69) is 0 Å². The Bertz CT molecular complexity index is 908. The molecule has 0 aromatic heterocycles. The molecule has 2 aromatic carbocycles. The molecule has 8 heteroatoms. The van der Waals surface area contributed by atoms with E-state index in [1.165, 1.54) is 16.4 Å². The van der Waals surface area contributed by atoms with Crippen LogP contribution in [-0.4, -0.2) is 56.3 Å². The molecule has 144 valence electrons. The maximum absolute atomic E-state index is 13.0. The Morgan fingerprint density at radius 1 is 1.04 bits per heavy atom. The van der Waals surface area contributed by atoms with Gasteiger partial charge in [0.05, 0.1) is 17.1 Å². The van der Waals surface area contributed by atoms with E-state index in [-0.39, 0.29) is 37.0 Å². The second kappa shape index (κ2) is 8.06. The number of piperazine rings is 1. The summed E-state index contributed by atoms with van der Waals surface area (Å²) in [7, 11) is -3.71. The van der Waals surface area contributed by atoms with Crippen LogP contribution in [0.15, 0.2) is 53.4 Å². The van der Waals surface area contributed by atoms with Gasteiger partial charge in [0.15, 0.2) is 0 Å². The Morgan fingerprint density at radius 2 is 1.67 bits per heavy atom. The van der Waals surface area contributed by atoms with Crippen molar-refractivity contribution in [2.24, 2.45) is 0 Å². The lowest BCUT2D eigenvalue weighted by Crippen LogP contribution is -2.50. The van der Waals surface area contributed by atoms with Crippen LogP contribution in [0.2, 0.25) is 0 Å². The molecule has 1 amide bonds. The Hall–Kier alpha value is -2.45. The molecule has 0 N–H and O–H groups in total. The number of para-hydroxylation sites is 1. The number of amides is 1. The molecule has 1 heterocycles. The minimum absolute atomic E-state index is 0.0466. The second-order valence-corrected chi connectivity index (χ2v) is 8.02. The zero-order valence-corrected chi connectivity index (χ0v) is 15.8. The second-order valence-electron chi connectivity index (χ2n) is 6.08. The first-order chi connectivity index (χ1) is 12.9. The minimum atomic E-state index is -3.71. The lowest BCUT2D eigenvalue weighted by Gasteiger charge is -2.34. The largest absolute Gasteiger partial charge is 0.493 e. The normalized spacial score (nSPS) is 15.6. The molecule has 0 spiro atoms. The molecule has 2 aromatic rings. The molecule has 0 bridgehead atoms. The van der Waals surface area contributed by atoms with Crippen molar-refractivity contribution >= 4 is 15.9 Å². The number of carbonyl (C=O) groups excluding carboxylic acids is 1. The summed E-state index contributed by atoms with van der Waals surface area (Å²) in [6, 6.07) is 11.8. The van der Waals surface area contributed by atoms with Crippen molar-refractivity contribution in [1.29, 1.82) is 0 Å². The van der Waals surface area contributed by atoms with Crippen LogP contribution in [0.5, 0.6) is 5.75 Å². The zero-order chi connectivity index (χ0) is 19.4. The highest BCUT2D eigenvalue weighted by atomic mass is 32.2. The molecule has 0 atom stereocenters. The van der Waals surface area contributed by atoms with E-state index in [0.717, 1.165) is 12.1 Å². The van der Waals surface area contributed by atoms with Crippen molar-refractivity contribution in [3.05, 3.63) is 59.9 Å². The van der Waals surface area contributed by atoms with Gasteiger partial charge in [-0.1, -0.05) is 12.1 Å². The van der Waals surface area contributed by atoms with E-state index in [4.69, 9.17) is 4.74 Å². The Balaban J connectivity index is 1.70. The van der Waals surface area contributed by atoms with Crippen LogP contribution in [0, 0.1) is 5.82 Å². The van der Waals surface area contributed by atoms with Gasteiger partial charge in [-0.2, -0.15) is 4.31 Å². The van der Waals surface area contributed by atoms with Gasteiger partial charge in [-0.15, -0.1) is 0 Å². The predicted octanol–water partition coefficient (Wildman–Crippen LogP) is 2.37. The van der Waals surface area contributed by atoms with Crippen LogP contribution in [0.1, 0.15) is 17.3 Å². The van der Waals surface area contributed by atoms with Gasteiger partial charge in [0.25, 0.3) is 5.91 Å². The number of hydrogen-bond acceptors (Lipinski definition) is 4. The number of hydrogen-bond donors (Lipinski definition) is 0. The van der Waals surface area contributed by atoms with Gasteiger partial charge >= 0.3 is 0 Å². The van der Waals surface area contributed by atoms with E-state index in [1.807, 2.05) is 6.92 Å². The van der Waals surface area contributed by atoms with Crippen LogP contribution >= 0.6 is 0 Å².